The lowest BCUT2D eigenvalue weighted by atomic mass is 10.3. The highest BCUT2D eigenvalue weighted by Gasteiger charge is 2.14. The topological polar surface area (TPSA) is 109 Å². The average molecular weight is 437 g/mol. The Kier molecular flexibility index (Phi) is 7.96. The number of esters is 1. The van der Waals surface area contributed by atoms with Gasteiger partial charge in [0.05, 0.1) is 18.8 Å². The van der Waals surface area contributed by atoms with E-state index in [0.717, 1.165) is 4.68 Å². The Morgan fingerprint density at radius 3 is 2.50 bits per heavy atom. The second-order valence-electron chi connectivity index (χ2n) is 6.49. The van der Waals surface area contributed by atoms with Gasteiger partial charge in [0.1, 0.15) is 18.1 Å². The first-order valence-electron chi connectivity index (χ1n) is 10.0. The van der Waals surface area contributed by atoms with Crippen molar-refractivity contribution in [3.8, 4) is 11.5 Å². The fourth-order valence-electron chi connectivity index (χ4n) is 2.73. The lowest BCUT2D eigenvalue weighted by molar-refractivity contribution is -0.119. The summed E-state index contributed by atoms with van der Waals surface area (Å²) < 4.78 is 17.1. The van der Waals surface area contributed by atoms with Crippen molar-refractivity contribution in [2.75, 3.05) is 25.1 Å². The highest BCUT2D eigenvalue weighted by atomic mass is 16.5. The number of anilines is 1. The van der Waals surface area contributed by atoms with E-state index in [0.29, 0.717) is 23.8 Å². The lowest BCUT2D eigenvalue weighted by Gasteiger charge is -2.11. The molecule has 0 unspecified atom stereocenters. The second kappa shape index (κ2) is 11.3. The van der Waals surface area contributed by atoms with E-state index in [1.165, 1.54) is 12.1 Å². The molecule has 0 radical (unpaired) electrons. The number of carbonyl (C=O) groups excluding carboxylic acids is 2. The molecule has 1 N–H and O–H groups in total. The van der Waals surface area contributed by atoms with E-state index in [9.17, 15) is 14.4 Å². The van der Waals surface area contributed by atoms with E-state index in [-0.39, 0.29) is 24.4 Å². The van der Waals surface area contributed by atoms with Crippen LogP contribution < -0.4 is 20.3 Å². The first-order valence-corrected chi connectivity index (χ1v) is 10.0. The molecule has 1 heterocycles. The van der Waals surface area contributed by atoms with E-state index < -0.39 is 18.5 Å². The summed E-state index contributed by atoms with van der Waals surface area (Å²) in [5, 5.41) is 6.63. The summed E-state index contributed by atoms with van der Waals surface area (Å²) in [6.45, 7) is 2.10. The highest BCUT2D eigenvalue weighted by molar-refractivity contribution is 5.95. The maximum Gasteiger partial charge on any atom is 0.359 e. The van der Waals surface area contributed by atoms with Crippen molar-refractivity contribution in [2.24, 2.45) is 0 Å². The number of para-hydroxylation sites is 3. The standard InChI is InChI=1S/C23H23N3O6/c1-2-30-20-11-7-6-10-18(20)24-21(27)16-32-23(29)19-12-13-22(28)26(25-19)14-15-31-17-8-4-3-5-9-17/h3-13H,2,14-16H2,1H3,(H,24,27). The van der Waals surface area contributed by atoms with Gasteiger partial charge in [0.2, 0.25) is 0 Å². The number of carbonyl (C=O) groups is 2. The molecule has 0 aliphatic heterocycles. The summed E-state index contributed by atoms with van der Waals surface area (Å²) in [6.07, 6.45) is 0. The lowest BCUT2D eigenvalue weighted by Crippen LogP contribution is -2.28. The molecule has 0 aliphatic carbocycles. The van der Waals surface area contributed by atoms with Gasteiger partial charge < -0.3 is 19.5 Å². The zero-order chi connectivity index (χ0) is 22.8. The first kappa shape index (κ1) is 22.5. The molecule has 3 aromatic rings. The molecule has 0 aliphatic rings. The summed E-state index contributed by atoms with van der Waals surface area (Å²) in [4.78, 5) is 36.5. The Bertz CT molecular complexity index is 1110. The molecule has 0 saturated carbocycles. The summed E-state index contributed by atoms with van der Waals surface area (Å²) >= 11 is 0. The van der Waals surface area contributed by atoms with Gasteiger partial charge in [-0.15, -0.1) is 0 Å². The van der Waals surface area contributed by atoms with Gasteiger partial charge >= 0.3 is 5.97 Å². The number of rotatable bonds is 10. The van der Waals surface area contributed by atoms with E-state index in [4.69, 9.17) is 14.2 Å². The quantitative estimate of drug-likeness (QED) is 0.486. The molecule has 166 valence electrons. The number of aromatic nitrogens is 2. The highest BCUT2D eigenvalue weighted by Crippen LogP contribution is 2.23. The van der Waals surface area contributed by atoms with Crippen molar-refractivity contribution < 1.29 is 23.8 Å². The number of nitrogens with zero attached hydrogens (tertiary/aromatic N) is 2. The van der Waals surface area contributed by atoms with E-state index in [1.54, 1.807) is 36.4 Å². The minimum Gasteiger partial charge on any atom is -0.492 e. The molecule has 0 saturated heterocycles. The Morgan fingerprint density at radius 2 is 1.72 bits per heavy atom. The molecule has 9 nitrogen and oxygen atoms in total. The number of ether oxygens (including phenoxy) is 3. The van der Waals surface area contributed by atoms with Gasteiger partial charge in [-0.2, -0.15) is 5.10 Å². The Balaban J connectivity index is 1.54. The third-order valence-electron chi connectivity index (χ3n) is 4.19. The molecule has 0 fully saturated rings. The van der Waals surface area contributed by atoms with Crippen molar-refractivity contribution in [3.05, 3.63) is 82.8 Å². The first-order chi connectivity index (χ1) is 15.6. The predicted molar refractivity (Wildman–Crippen MR) is 117 cm³/mol. The molecule has 1 amide bonds. The number of hydrogen-bond donors (Lipinski definition) is 1. The van der Waals surface area contributed by atoms with Crippen LogP contribution in [0.25, 0.3) is 0 Å². The minimum absolute atomic E-state index is 0.0909. The third-order valence-corrected chi connectivity index (χ3v) is 4.19. The number of benzene rings is 2. The zero-order valence-corrected chi connectivity index (χ0v) is 17.5. The van der Waals surface area contributed by atoms with Gasteiger partial charge in [-0.1, -0.05) is 30.3 Å². The molecular formula is C23H23N3O6. The SMILES string of the molecule is CCOc1ccccc1NC(=O)COC(=O)c1ccc(=O)n(CCOc2ccccc2)n1. The van der Waals surface area contributed by atoms with Crippen molar-refractivity contribution in [2.45, 2.75) is 13.5 Å². The number of hydrogen-bond acceptors (Lipinski definition) is 7. The fourth-order valence-corrected chi connectivity index (χ4v) is 2.73. The Hall–Kier alpha value is -4.14. The maximum atomic E-state index is 12.3. The average Bonchev–Trinajstić information content (AvgIpc) is 2.81. The van der Waals surface area contributed by atoms with Crippen LogP contribution in [0.4, 0.5) is 5.69 Å². The van der Waals surface area contributed by atoms with E-state index in [2.05, 4.69) is 10.4 Å². The van der Waals surface area contributed by atoms with Gasteiger partial charge in [-0.25, -0.2) is 9.48 Å². The summed E-state index contributed by atoms with van der Waals surface area (Å²) in [7, 11) is 0. The Morgan fingerprint density at radius 1 is 0.969 bits per heavy atom. The fraction of sp³-hybridized carbons (Fsp3) is 0.217. The van der Waals surface area contributed by atoms with Crippen molar-refractivity contribution in [3.63, 3.8) is 0 Å². The predicted octanol–water partition coefficient (Wildman–Crippen LogP) is 2.52. The normalized spacial score (nSPS) is 10.3. The van der Waals surface area contributed by atoms with Crippen molar-refractivity contribution in [1.29, 1.82) is 0 Å². The maximum absolute atomic E-state index is 12.3. The monoisotopic (exact) mass is 437 g/mol. The van der Waals surface area contributed by atoms with Crippen LogP contribution in [0.15, 0.2) is 71.5 Å². The number of amides is 1. The largest absolute Gasteiger partial charge is 0.492 e. The second-order valence-corrected chi connectivity index (χ2v) is 6.49. The molecule has 0 bridgehead atoms. The molecule has 0 atom stereocenters. The molecule has 0 spiro atoms. The van der Waals surface area contributed by atoms with Crippen LogP contribution in [-0.2, 0) is 16.1 Å². The van der Waals surface area contributed by atoms with Crippen LogP contribution in [-0.4, -0.2) is 41.5 Å². The van der Waals surface area contributed by atoms with Crippen LogP contribution in [0.2, 0.25) is 0 Å². The zero-order valence-electron chi connectivity index (χ0n) is 17.5. The van der Waals surface area contributed by atoms with Crippen LogP contribution >= 0.6 is 0 Å². The number of nitrogens with one attached hydrogen (secondary N) is 1. The van der Waals surface area contributed by atoms with Gasteiger partial charge in [0.15, 0.2) is 12.3 Å². The summed E-state index contributed by atoms with van der Waals surface area (Å²) in [5.74, 6) is -0.180. The van der Waals surface area contributed by atoms with Gasteiger partial charge in [-0.3, -0.25) is 9.59 Å². The molecule has 32 heavy (non-hydrogen) atoms. The van der Waals surface area contributed by atoms with Crippen LogP contribution in [0.3, 0.4) is 0 Å². The van der Waals surface area contributed by atoms with Crippen LogP contribution in [0.1, 0.15) is 17.4 Å². The van der Waals surface area contributed by atoms with Crippen molar-refractivity contribution in [1.82, 2.24) is 9.78 Å². The van der Waals surface area contributed by atoms with Crippen molar-refractivity contribution >= 4 is 17.6 Å². The molecule has 2 aromatic carbocycles. The van der Waals surface area contributed by atoms with Crippen LogP contribution in [0, 0.1) is 0 Å². The van der Waals surface area contributed by atoms with Crippen LogP contribution in [0.5, 0.6) is 11.5 Å². The Labute approximate surface area is 184 Å². The van der Waals surface area contributed by atoms with E-state index >= 15 is 0 Å². The smallest absolute Gasteiger partial charge is 0.359 e. The molecule has 1 aromatic heterocycles. The van der Waals surface area contributed by atoms with Gasteiger partial charge in [0.25, 0.3) is 11.5 Å². The summed E-state index contributed by atoms with van der Waals surface area (Å²) in [5.41, 5.74) is -0.00389. The summed E-state index contributed by atoms with van der Waals surface area (Å²) in [6, 6.07) is 18.5. The molecular weight excluding hydrogens is 414 g/mol. The van der Waals surface area contributed by atoms with E-state index in [1.807, 2.05) is 25.1 Å². The minimum atomic E-state index is -0.823. The van der Waals surface area contributed by atoms with Gasteiger partial charge in [-0.05, 0) is 37.3 Å². The molecule has 9 heteroatoms. The molecule has 3 rings (SSSR count). The van der Waals surface area contributed by atoms with Gasteiger partial charge in [0, 0.05) is 6.07 Å². The third kappa shape index (κ3) is 6.43.